The third-order valence-electron chi connectivity index (χ3n) is 2.69. The number of likely N-dealkylation sites (tertiary alicyclic amines) is 1. The normalized spacial score (nSPS) is 29.0. The first kappa shape index (κ1) is 10.8. The molecule has 1 aliphatic rings. The minimum atomic E-state index is -0.246. The van der Waals surface area contributed by atoms with E-state index in [1.165, 1.54) is 0 Å². The third-order valence-corrected chi connectivity index (χ3v) is 2.91. The zero-order chi connectivity index (χ0) is 9.84. The van der Waals surface area contributed by atoms with Crippen LogP contribution in [0.15, 0.2) is 0 Å². The largest absolute Gasteiger partial charge is 0.393 e. The summed E-state index contributed by atoms with van der Waals surface area (Å²) in [4.78, 5) is 13.0. The van der Waals surface area contributed by atoms with E-state index in [9.17, 15) is 9.90 Å². The van der Waals surface area contributed by atoms with Crippen LogP contribution in [0.2, 0.25) is 0 Å². The van der Waals surface area contributed by atoms with Crippen LogP contribution in [-0.4, -0.2) is 41.0 Å². The first-order valence-corrected chi connectivity index (χ1v) is 5.24. The van der Waals surface area contributed by atoms with Gasteiger partial charge in [-0.05, 0) is 12.8 Å². The molecule has 0 aliphatic carbocycles. The smallest absolute Gasteiger partial charge is 0.237 e. The number of aliphatic hydroxyl groups is 1. The lowest BCUT2D eigenvalue weighted by molar-refractivity contribution is -0.132. The lowest BCUT2D eigenvalue weighted by Crippen LogP contribution is -2.46. The van der Waals surface area contributed by atoms with E-state index in [0.29, 0.717) is 19.5 Å². The fourth-order valence-corrected chi connectivity index (χ4v) is 1.90. The Morgan fingerprint density at radius 1 is 1.69 bits per heavy atom. The lowest BCUT2D eigenvalue weighted by atomic mass is 9.92. The fraction of sp³-hybridized carbons (Fsp3) is 0.889. The Labute approximate surface area is 83.7 Å². The monoisotopic (exact) mass is 205 g/mol. The molecule has 1 N–H and O–H groups in total. The highest BCUT2D eigenvalue weighted by molar-refractivity contribution is 6.27. The number of carbonyl (C=O) groups is 1. The summed E-state index contributed by atoms with van der Waals surface area (Å²) < 4.78 is 0. The first-order chi connectivity index (χ1) is 6.19. The van der Waals surface area contributed by atoms with E-state index >= 15 is 0 Å². The van der Waals surface area contributed by atoms with E-state index < -0.39 is 0 Å². The molecule has 0 spiro atoms. The predicted molar refractivity (Wildman–Crippen MR) is 51.7 cm³/mol. The maximum atomic E-state index is 11.2. The molecular formula is C9H16ClNO2. The molecule has 13 heavy (non-hydrogen) atoms. The van der Waals surface area contributed by atoms with Crippen molar-refractivity contribution in [1.29, 1.82) is 0 Å². The number of hydrogen-bond donors (Lipinski definition) is 1. The van der Waals surface area contributed by atoms with Crippen molar-refractivity contribution in [3.05, 3.63) is 0 Å². The van der Waals surface area contributed by atoms with Crippen LogP contribution in [0.5, 0.6) is 0 Å². The van der Waals surface area contributed by atoms with Crippen molar-refractivity contribution in [3.63, 3.8) is 0 Å². The summed E-state index contributed by atoms with van der Waals surface area (Å²) in [7, 11) is 0. The Balaban J connectivity index is 2.49. The number of alkyl halides is 1. The van der Waals surface area contributed by atoms with Crippen LogP contribution in [0.25, 0.3) is 0 Å². The number of nitrogens with zero attached hydrogens (tertiary/aromatic N) is 1. The molecule has 0 radical (unpaired) electrons. The second-order valence-corrected chi connectivity index (χ2v) is 3.76. The van der Waals surface area contributed by atoms with Gasteiger partial charge in [0.1, 0.15) is 5.88 Å². The van der Waals surface area contributed by atoms with Gasteiger partial charge in [0, 0.05) is 19.0 Å². The average Bonchev–Trinajstić information content (AvgIpc) is 2.17. The van der Waals surface area contributed by atoms with Crippen molar-refractivity contribution in [2.24, 2.45) is 5.92 Å². The van der Waals surface area contributed by atoms with Gasteiger partial charge in [0.15, 0.2) is 0 Å². The molecule has 0 aromatic carbocycles. The number of halogens is 1. The Morgan fingerprint density at radius 3 is 2.92 bits per heavy atom. The second-order valence-electron chi connectivity index (χ2n) is 3.50. The molecule has 1 aliphatic heterocycles. The number of piperidine rings is 1. The van der Waals surface area contributed by atoms with Crippen LogP contribution in [0.1, 0.15) is 19.8 Å². The van der Waals surface area contributed by atoms with Crippen LogP contribution in [0.4, 0.5) is 0 Å². The van der Waals surface area contributed by atoms with Crippen molar-refractivity contribution in [1.82, 2.24) is 4.90 Å². The molecule has 1 rings (SSSR count). The van der Waals surface area contributed by atoms with Gasteiger partial charge < -0.3 is 10.0 Å². The van der Waals surface area contributed by atoms with E-state index in [-0.39, 0.29) is 23.8 Å². The SMILES string of the molecule is CC[C@H]1CN(C(=O)CCl)CC[C@H]1O. The van der Waals surface area contributed by atoms with E-state index in [4.69, 9.17) is 11.6 Å². The van der Waals surface area contributed by atoms with Gasteiger partial charge in [0.2, 0.25) is 5.91 Å². The molecule has 0 aromatic rings. The molecule has 0 saturated carbocycles. The van der Waals surface area contributed by atoms with Crippen LogP contribution >= 0.6 is 11.6 Å². The van der Waals surface area contributed by atoms with Crippen molar-refractivity contribution < 1.29 is 9.90 Å². The maximum absolute atomic E-state index is 11.2. The molecule has 1 fully saturated rings. The molecule has 1 saturated heterocycles. The van der Waals surface area contributed by atoms with Gasteiger partial charge in [-0.2, -0.15) is 0 Å². The number of hydrogen-bond acceptors (Lipinski definition) is 2. The summed E-state index contributed by atoms with van der Waals surface area (Å²) in [5.74, 6) is 0.250. The molecule has 2 atom stereocenters. The zero-order valence-corrected chi connectivity index (χ0v) is 8.63. The van der Waals surface area contributed by atoms with E-state index in [1.807, 2.05) is 6.92 Å². The van der Waals surface area contributed by atoms with Gasteiger partial charge in [0.25, 0.3) is 0 Å². The summed E-state index contributed by atoms with van der Waals surface area (Å²) in [6, 6.07) is 0. The summed E-state index contributed by atoms with van der Waals surface area (Å²) in [5, 5.41) is 9.57. The number of carbonyl (C=O) groups excluding carboxylic acids is 1. The lowest BCUT2D eigenvalue weighted by Gasteiger charge is -2.35. The summed E-state index contributed by atoms with van der Waals surface area (Å²) >= 11 is 5.46. The van der Waals surface area contributed by atoms with Crippen molar-refractivity contribution in [2.75, 3.05) is 19.0 Å². The van der Waals surface area contributed by atoms with Gasteiger partial charge in [-0.3, -0.25) is 4.79 Å². The second kappa shape index (κ2) is 4.82. The van der Waals surface area contributed by atoms with Gasteiger partial charge in [0.05, 0.1) is 6.10 Å². The summed E-state index contributed by atoms with van der Waals surface area (Å²) in [5.41, 5.74) is 0. The highest BCUT2D eigenvalue weighted by Crippen LogP contribution is 2.20. The third kappa shape index (κ3) is 2.58. The standard InChI is InChI=1S/C9H16ClNO2/c1-2-7-6-11(9(13)5-10)4-3-8(7)12/h7-8,12H,2-6H2,1H3/t7-,8+/m0/s1. The Morgan fingerprint density at radius 2 is 2.38 bits per heavy atom. The summed E-state index contributed by atoms with van der Waals surface area (Å²) in [6.07, 6.45) is 1.35. The van der Waals surface area contributed by atoms with Gasteiger partial charge in [-0.25, -0.2) is 0 Å². The quantitative estimate of drug-likeness (QED) is 0.679. The number of amides is 1. The highest BCUT2D eigenvalue weighted by Gasteiger charge is 2.28. The summed E-state index contributed by atoms with van der Waals surface area (Å²) in [6.45, 7) is 3.33. The minimum absolute atomic E-state index is 0.0213. The first-order valence-electron chi connectivity index (χ1n) is 4.70. The maximum Gasteiger partial charge on any atom is 0.237 e. The predicted octanol–water partition coefficient (Wildman–Crippen LogP) is 0.845. The molecule has 1 amide bonds. The average molecular weight is 206 g/mol. The van der Waals surface area contributed by atoms with Crippen LogP contribution in [0.3, 0.4) is 0 Å². The Bertz CT molecular complexity index is 186. The molecule has 0 unspecified atom stereocenters. The van der Waals surface area contributed by atoms with Gasteiger partial charge in [-0.1, -0.05) is 6.92 Å². The molecule has 4 heteroatoms. The van der Waals surface area contributed by atoms with Gasteiger partial charge >= 0.3 is 0 Å². The minimum Gasteiger partial charge on any atom is -0.393 e. The molecule has 0 aromatic heterocycles. The van der Waals surface area contributed by atoms with Crippen molar-refractivity contribution in [3.8, 4) is 0 Å². The van der Waals surface area contributed by atoms with E-state index in [1.54, 1.807) is 4.90 Å². The van der Waals surface area contributed by atoms with E-state index in [0.717, 1.165) is 6.42 Å². The van der Waals surface area contributed by atoms with Crippen LogP contribution < -0.4 is 0 Å². The highest BCUT2D eigenvalue weighted by atomic mass is 35.5. The van der Waals surface area contributed by atoms with Crippen molar-refractivity contribution in [2.45, 2.75) is 25.9 Å². The molecule has 0 bridgehead atoms. The van der Waals surface area contributed by atoms with Crippen LogP contribution in [-0.2, 0) is 4.79 Å². The fourth-order valence-electron chi connectivity index (χ4n) is 1.73. The Kier molecular flexibility index (Phi) is 4.00. The molecule has 1 heterocycles. The topological polar surface area (TPSA) is 40.5 Å². The molecular weight excluding hydrogens is 190 g/mol. The molecule has 76 valence electrons. The Hall–Kier alpha value is -0.280. The number of rotatable bonds is 2. The zero-order valence-electron chi connectivity index (χ0n) is 7.87. The molecule has 3 nitrogen and oxygen atoms in total. The van der Waals surface area contributed by atoms with E-state index in [2.05, 4.69) is 0 Å². The van der Waals surface area contributed by atoms with Crippen LogP contribution in [0, 0.1) is 5.92 Å². The van der Waals surface area contributed by atoms with Crippen molar-refractivity contribution >= 4 is 17.5 Å². The number of aliphatic hydroxyl groups excluding tert-OH is 1. The van der Waals surface area contributed by atoms with Gasteiger partial charge in [-0.15, -0.1) is 11.6 Å².